The smallest absolute Gasteiger partial charge is 0.0813 e. The summed E-state index contributed by atoms with van der Waals surface area (Å²) in [7, 11) is 1.99. The molecule has 3 nitrogen and oxygen atoms in total. The summed E-state index contributed by atoms with van der Waals surface area (Å²) in [5, 5.41) is 4.34. The molecule has 0 aliphatic carbocycles. The number of halogens is 1. The molecular formula is C9H13BrN2O. The van der Waals surface area contributed by atoms with Gasteiger partial charge in [0.2, 0.25) is 0 Å². The molecule has 0 radical (unpaired) electrons. The second-order valence-electron chi connectivity index (χ2n) is 3.46. The Morgan fingerprint density at radius 3 is 2.85 bits per heavy atom. The predicted octanol–water partition coefficient (Wildman–Crippen LogP) is 1.82. The van der Waals surface area contributed by atoms with Crippen LogP contribution in [0.15, 0.2) is 4.47 Å². The van der Waals surface area contributed by atoms with Crippen molar-refractivity contribution in [3.05, 3.63) is 15.9 Å². The average Bonchev–Trinajstić information content (AvgIpc) is 2.84. The Morgan fingerprint density at radius 2 is 2.38 bits per heavy atom. The molecule has 0 N–H and O–H groups in total. The van der Waals surface area contributed by atoms with Crippen LogP contribution < -0.4 is 0 Å². The van der Waals surface area contributed by atoms with E-state index in [0.29, 0.717) is 6.10 Å². The number of hydrogen-bond donors (Lipinski definition) is 0. The van der Waals surface area contributed by atoms with Gasteiger partial charge in [0.1, 0.15) is 0 Å². The van der Waals surface area contributed by atoms with E-state index in [-0.39, 0.29) is 0 Å². The first-order chi connectivity index (χ1) is 6.18. The lowest BCUT2D eigenvalue weighted by Gasteiger charge is -2.00. The minimum absolute atomic E-state index is 0.502. The summed E-state index contributed by atoms with van der Waals surface area (Å²) >= 11 is 3.55. The van der Waals surface area contributed by atoms with Gasteiger partial charge in [-0.05, 0) is 35.7 Å². The highest BCUT2D eigenvalue weighted by atomic mass is 79.9. The van der Waals surface area contributed by atoms with Crippen LogP contribution in [0.5, 0.6) is 0 Å². The Balaban J connectivity index is 2.08. The maximum atomic E-state index is 5.17. The zero-order valence-corrected chi connectivity index (χ0v) is 9.47. The summed E-state index contributed by atoms with van der Waals surface area (Å²) < 4.78 is 8.27. The van der Waals surface area contributed by atoms with Gasteiger partial charge < -0.3 is 4.74 Å². The van der Waals surface area contributed by atoms with Crippen molar-refractivity contribution < 1.29 is 4.74 Å². The minimum atomic E-state index is 0.502. The molecule has 0 spiro atoms. The standard InChI is InChI=1S/C9H13BrN2O/c1-6-9(10)8(12(2)11-6)4-3-7-5-13-7/h7H,3-5H2,1-2H3. The normalized spacial score (nSPS) is 20.7. The van der Waals surface area contributed by atoms with Crippen LogP contribution in [0.1, 0.15) is 17.8 Å². The van der Waals surface area contributed by atoms with Crippen LogP contribution in [-0.4, -0.2) is 22.5 Å². The summed E-state index contributed by atoms with van der Waals surface area (Å²) in [5.41, 5.74) is 2.34. The Morgan fingerprint density at radius 1 is 1.69 bits per heavy atom. The van der Waals surface area contributed by atoms with Crippen LogP contribution in [-0.2, 0) is 18.2 Å². The molecule has 13 heavy (non-hydrogen) atoms. The summed E-state index contributed by atoms with van der Waals surface area (Å²) in [6, 6.07) is 0. The third-order valence-corrected chi connectivity index (χ3v) is 3.40. The lowest BCUT2D eigenvalue weighted by Crippen LogP contribution is -2.00. The van der Waals surface area contributed by atoms with Crippen LogP contribution in [0.2, 0.25) is 0 Å². The molecule has 72 valence electrons. The molecule has 4 heteroatoms. The SMILES string of the molecule is Cc1nn(C)c(CCC2CO2)c1Br. The third kappa shape index (κ3) is 1.94. The number of aryl methyl sites for hydroxylation is 2. The molecule has 2 rings (SSSR count). The highest BCUT2D eigenvalue weighted by molar-refractivity contribution is 9.10. The first kappa shape index (κ1) is 9.21. The maximum Gasteiger partial charge on any atom is 0.0813 e. The molecule has 1 unspecified atom stereocenters. The molecule has 1 aromatic heterocycles. The van der Waals surface area contributed by atoms with Gasteiger partial charge in [-0.15, -0.1) is 0 Å². The molecule has 1 aromatic rings. The highest BCUT2D eigenvalue weighted by Crippen LogP contribution is 2.24. The van der Waals surface area contributed by atoms with Crippen molar-refractivity contribution in [2.45, 2.75) is 25.9 Å². The molecule has 2 heterocycles. The van der Waals surface area contributed by atoms with Crippen LogP contribution in [0.3, 0.4) is 0 Å². The van der Waals surface area contributed by atoms with Crippen LogP contribution >= 0.6 is 15.9 Å². The van der Waals surface area contributed by atoms with E-state index in [9.17, 15) is 0 Å². The molecule has 1 atom stereocenters. The Kier molecular flexibility index (Phi) is 2.43. The fourth-order valence-corrected chi connectivity index (χ4v) is 2.02. The summed E-state index contributed by atoms with van der Waals surface area (Å²) in [6.45, 7) is 2.95. The number of epoxide rings is 1. The average molecular weight is 245 g/mol. The van der Waals surface area contributed by atoms with Crippen molar-refractivity contribution in [1.82, 2.24) is 9.78 Å². The van der Waals surface area contributed by atoms with Crippen molar-refractivity contribution in [3.63, 3.8) is 0 Å². The zero-order valence-electron chi connectivity index (χ0n) is 7.88. The number of ether oxygens (including phenoxy) is 1. The fourth-order valence-electron chi connectivity index (χ4n) is 1.48. The lowest BCUT2D eigenvalue weighted by atomic mass is 10.2. The predicted molar refractivity (Wildman–Crippen MR) is 53.7 cm³/mol. The second-order valence-corrected chi connectivity index (χ2v) is 4.26. The lowest BCUT2D eigenvalue weighted by molar-refractivity contribution is 0.395. The van der Waals surface area contributed by atoms with E-state index < -0.39 is 0 Å². The molecule has 1 aliphatic heterocycles. The van der Waals surface area contributed by atoms with Gasteiger partial charge in [-0.1, -0.05) is 0 Å². The van der Waals surface area contributed by atoms with E-state index in [2.05, 4.69) is 21.0 Å². The Labute approximate surface area is 86.2 Å². The third-order valence-electron chi connectivity index (χ3n) is 2.37. The van der Waals surface area contributed by atoms with Gasteiger partial charge in [0.15, 0.2) is 0 Å². The molecule has 0 aromatic carbocycles. The van der Waals surface area contributed by atoms with Crippen LogP contribution in [0.4, 0.5) is 0 Å². The van der Waals surface area contributed by atoms with E-state index >= 15 is 0 Å². The largest absolute Gasteiger partial charge is 0.373 e. The summed E-state index contributed by atoms with van der Waals surface area (Å²) in [6.07, 6.45) is 2.65. The quantitative estimate of drug-likeness (QED) is 0.760. The van der Waals surface area contributed by atoms with E-state index in [1.807, 2.05) is 18.7 Å². The number of nitrogens with zero attached hydrogens (tertiary/aromatic N) is 2. The van der Waals surface area contributed by atoms with Gasteiger partial charge >= 0.3 is 0 Å². The van der Waals surface area contributed by atoms with Gasteiger partial charge in [0.25, 0.3) is 0 Å². The van der Waals surface area contributed by atoms with E-state index in [1.54, 1.807) is 0 Å². The number of hydrogen-bond acceptors (Lipinski definition) is 2. The molecule has 1 fully saturated rings. The Bertz CT molecular complexity index is 318. The van der Waals surface area contributed by atoms with Gasteiger partial charge in [-0.25, -0.2) is 0 Å². The minimum Gasteiger partial charge on any atom is -0.373 e. The first-order valence-electron chi connectivity index (χ1n) is 4.48. The Hall–Kier alpha value is -0.350. The maximum absolute atomic E-state index is 5.17. The number of aromatic nitrogens is 2. The van der Waals surface area contributed by atoms with Gasteiger partial charge in [-0.2, -0.15) is 5.10 Å². The van der Waals surface area contributed by atoms with Crippen molar-refractivity contribution in [1.29, 1.82) is 0 Å². The highest BCUT2D eigenvalue weighted by Gasteiger charge is 2.23. The van der Waals surface area contributed by atoms with Crippen LogP contribution in [0, 0.1) is 6.92 Å². The van der Waals surface area contributed by atoms with Crippen molar-refractivity contribution >= 4 is 15.9 Å². The second kappa shape index (κ2) is 3.42. The molecule has 1 saturated heterocycles. The van der Waals surface area contributed by atoms with Crippen LogP contribution in [0.25, 0.3) is 0 Å². The van der Waals surface area contributed by atoms with Crippen molar-refractivity contribution in [2.24, 2.45) is 7.05 Å². The number of rotatable bonds is 3. The van der Waals surface area contributed by atoms with Crippen molar-refractivity contribution in [3.8, 4) is 0 Å². The van der Waals surface area contributed by atoms with E-state index in [0.717, 1.165) is 29.6 Å². The molecule has 0 amide bonds. The van der Waals surface area contributed by atoms with Gasteiger partial charge in [0, 0.05) is 7.05 Å². The fraction of sp³-hybridized carbons (Fsp3) is 0.667. The monoisotopic (exact) mass is 244 g/mol. The summed E-state index contributed by atoms with van der Waals surface area (Å²) in [5.74, 6) is 0. The first-order valence-corrected chi connectivity index (χ1v) is 5.27. The van der Waals surface area contributed by atoms with Gasteiger partial charge in [-0.3, -0.25) is 4.68 Å². The van der Waals surface area contributed by atoms with Crippen molar-refractivity contribution in [2.75, 3.05) is 6.61 Å². The molecule has 0 saturated carbocycles. The summed E-state index contributed by atoms with van der Waals surface area (Å²) in [4.78, 5) is 0. The zero-order chi connectivity index (χ0) is 9.42. The van der Waals surface area contributed by atoms with E-state index in [4.69, 9.17) is 4.74 Å². The van der Waals surface area contributed by atoms with Gasteiger partial charge in [0.05, 0.1) is 28.6 Å². The van der Waals surface area contributed by atoms with E-state index in [1.165, 1.54) is 5.69 Å². The topological polar surface area (TPSA) is 30.4 Å². The molecule has 0 bridgehead atoms. The molecular weight excluding hydrogens is 232 g/mol. The molecule has 1 aliphatic rings.